The Morgan fingerprint density at radius 2 is 1.97 bits per heavy atom. The number of methoxy groups -OCH3 is 1. The van der Waals surface area contributed by atoms with Gasteiger partial charge in [0.2, 0.25) is 5.95 Å². The van der Waals surface area contributed by atoms with Crippen molar-refractivity contribution in [2.24, 2.45) is 0 Å². The summed E-state index contributed by atoms with van der Waals surface area (Å²) in [5.41, 5.74) is 2.97. The third kappa shape index (κ3) is 5.77. The van der Waals surface area contributed by atoms with Crippen LogP contribution in [0, 0.1) is 25.5 Å². The average Bonchev–Trinajstić information content (AvgIpc) is 3.34. The number of aryl methyl sites for hydroxylation is 2. The number of hydrogen-bond donors (Lipinski definition) is 0. The Morgan fingerprint density at radius 1 is 1.14 bits per heavy atom. The molecular weight excluding hydrogens is 454 g/mol. The van der Waals surface area contributed by atoms with E-state index >= 15 is 0 Å². The number of halogens is 2. The topological polar surface area (TPSA) is 78.2 Å². The first kappa shape index (κ1) is 24.6. The molecule has 1 unspecified atom stereocenters. The summed E-state index contributed by atoms with van der Waals surface area (Å²) in [6, 6.07) is 7.28. The number of fused-ring (bicyclic) bond motifs is 1. The van der Waals surface area contributed by atoms with E-state index in [1.807, 2.05) is 44.0 Å². The maximum Gasteiger partial charge on any atom is 0.228 e. The van der Waals surface area contributed by atoms with Crippen LogP contribution in [0.25, 0.3) is 22.3 Å². The van der Waals surface area contributed by atoms with E-state index < -0.39 is 11.6 Å². The average molecular weight is 483 g/mol. The quantitative estimate of drug-likeness (QED) is 0.429. The second kappa shape index (κ2) is 10.8. The van der Waals surface area contributed by atoms with E-state index in [2.05, 4.69) is 20.1 Å². The lowest BCUT2D eigenvalue weighted by atomic mass is 10.1. The summed E-state index contributed by atoms with van der Waals surface area (Å²) in [6.07, 6.45) is 3.62. The molecule has 3 aromatic heterocycles. The van der Waals surface area contributed by atoms with E-state index in [1.165, 1.54) is 12.1 Å². The van der Waals surface area contributed by atoms with Crippen molar-refractivity contribution in [1.29, 1.82) is 0 Å². The standard InChI is InChI=1S/C20H20F2N4O.C5H8N2O/c1-11-8-16-18(15-5-4-14(21)9-17(15)22)24-20(25-19(16)23-13(11)3)26-6-7-27-12(2)10-26;1-8-5-7-4-2-3-6-7/h4-5,8-9,12H,6-7,10H2,1-3H3;2-4H,5H2,1H3. The van der Waals surface area contributed by atoms with Crippen LogP contribution in [0.15, 0.2) is 42.7 Å². The smallest absolute Gasteiger partial charge is 0.228 e. The molecule has 10 heteroatoms. The Balaban J connectivity index is 0.000000308. The number of anilines is 1. The first-order chi connectivity index (χ1) is 16.9. The van der Waals surface area contributed by atoms with E-state index in [0.29, 0.717) is 49.1 Å². The monoisotopic (exact) mass is 482 g/mol. The molecule has 0 radical (unpaired) electrons. The second-order valence-electron chi connectivity index (χ2n) is 8.35. The van der Waals surface area contributed by atoms with E-state index in [1.54, 1.807) is 18.0 Å². The van der Waals surface area contributed by atoms with Gasteiger partial charge in [-0.1, -0.05) is 0 Å². The molecule has 5 rings (SSSR count). The van der Waals surface area contributed by atoms with Crippen LogP contribution in [0.1, 0.15) is 18.2 Å². The van der Waals surface area contributed by atoms with E-state index in [9.17, 15) is 8.78 Å². The molecule has 35 heavy (non-hydrogen) atoms. The molecule has 0 N–H and O–H groups in total. The third-order valence-corrected chi connectivity index (χ3v) is 5.65. The summed E-state index contributed by atoms with van der Waals surface area (Å²) >= 11 is 0. The van der Waals surface area contributed by atoms with Crippen molar-refractivity contribution in [3.63, 3.8) is 0 Å². The number of nitrogens with zero attached hydrogens (tertiary/aromatic N) is 6. The Kier molecular flexibility index (Phi) is 7.62. The van der Waals surface area contributed by atoms with Gasteiger partial charge < -0.3 is 14.4 Å². The summed E-state index contributed by atoms with van der Waals surface area (Å²) in [5.74, 6) is -0.802. The van der Waals surface area contributed by atoms with Crippen LogP contribution in [0.2, 0.25) is 0 Å². The Hall–Kier alpha value is -3.50. The van der Waals surface area contributed by atoms with Crippen molar-refractivity contribution >= 4 is 17.0 Å². The molecule has 1 aliphatic rings. The van der Waals surface area contributed by atoms with E-state index in [0.717, 1.165) is 17.3 Å². The van der Waals surface area contributed by atoms with Gasteiger partial charge >= 0.3 is 0 Å². The molecule has 8 nitrogen and oxygen atoms in total. The first-order valence-corrected chi connectivity index (χ1v) is 11.3. The maximum atomic E-state index is 14.5. The largest absolute Gasteiger partial charge is 0.375 e. The van der Waals surface area contributed by atoms with Gasteiger partial charge in [0, 0.05) is 55.3 Å². The van der Waals surface area contributed by atoms with Crippen LogP contribution in [0.5, 0.6) is 0 Å². The highest BCUT2D eigenvalue weighted by Gasteiger charge is 2.22. The van der Waals surface area contributed by atoms with Crippen molar-refractivity contribution in [3.05, 3.63) is 65.6 Å². The molecule has 1 atom stereocenters. The summed E-state index contributed by atoms with van der Waals surface area (Å²) < 4.78 is 40.0. The van der Waals surface area contributed by atoms with Crippen LogP contribution >= 0.6 is 0 Å². The predicted octanol–water partition coefficient (Wildman–Crippen LogP) is 4.30. The Labute approximate surface area is 202 Å². The minimum Gasteiger partial charge on any atom is -0.375 e. The Morgan fingerprint density at radius 3 is 2.66 bits per heavy atom. The molecule has 0 aliphatic carbocycles. The molecule has 0 spiro atoms. The predicted molar refractivity (Wildman–Crippen MR) is 129 cm³/mol. The van der Waals surface area contributed by atoms with Gasteiger partial charge in [-0.2, -0.15) is 10.1 Å². The van der Waals surface area contributed by atoms with Crippen LogP contribution in [-0.2, 0) is 16.2 Å². The number of pyridine rings is 1. The van der Waals surface area contributed by atoms with Crippen LogP contribution in [0.4, 0.5) is 14.7 Å². The number of rotatable bonds is 4. The van der Waals surface area contributed by atoms with Crippen molar-refractivity contribution in [3.8, 4) is 11.3 Å². The summed E-state index contributed by atoms with van der Waals surface area (Å²) in [5, 5.41) is 4.54. The zero-order chi connectivity index (χ0) is 24.9. The highest BCUT2D eigenvalue weighted by Crippen LogP contribution is 2.31. The van der Waals surface area contributed by atoms with Crippen LogP contribution in [-0.4, -0.2) is 57.6 Å². The minimum atomic E-state index is -0.658. The SMILES string of the molecule is COCn1cccn1.Cc1cc2c(-c3ccc(F)cc3F)nc(N3CCOC(C)C3)nc2nc1C. The fourth-order valence-corrected chi connectivity index (χ4v) is 3.77. The molecule has 1 saturated heterocycles. The zero-order valence-electron chi connectivity index (χ0n) is 20.2. The maximum absolute atomic E-state index is 14.5. The van der Waals surface area contributed by atoms with E-state index in [-0.39, 0.29) is 11.7 Å². The summed E-state index contributed by atoms with van der Waals surface area (Å²) in [7, 11) is 1.64. The first-order valence-electron chi connectivity index (χ1n) is 11.3. The lowest BCUT2D eigenvalue weighted by molar-refractivity contribution is 0.0526. The summed E-state index contributed by atoms with van der Waals surface area (Å²) in [6.45, 7) is 8.22. The van der Waals surface area contributed by atoms with Gasteiger partial charge in [-0.05, 0) is 50.6 Å². The molecule has 4 heterocycles. The number of hydrogen-bond acceptors (Lipinski definition) is 7. The highest BCUT2D eigenvalue weighted by molar-refractivity contribution is 5.92. The van der Waals surface area contributed by atoms with Gasteiger partial charge in [-0.25, -0.2) is 23.4 Å². The number of ether oxygens (including phenoxy) is 2. The van der Waals surface area contributed by atoms with Gasteiger partial charge in [-0.15, -0.1) is 0 Å². The van der Waals surface area contributed by atoms with Gasteiger partial charge in [0.05, 0.1) is 18.4 Å². The summed E-state index contributed by atoms with van der Waals surface area (Å²) in [4.78, 5) is 15.9. The highest BCUT2D eigenvalue weighted by atomic mass is 19.1. The van der Waals surface area contributed by atoms with Gasteiger partial charge in [0.15, 0.2) is 5.65 Å². The lowest BCUT2D eigenvalue weighted by Gasteiger charge is -2.31. The lowest BCUT2D eigenvalue weighted by Crippen LogP contribution is -2.42. The van der Waals surface area contributed by atoms with Crippen molar-refractivity contribution in [1.82, 2.24) is 24.7 Å². The number of benzene rings is 1. The van der Waals surface area contributed by atoms with Gasteiger partial charge in [-0.3, -0.25) is 0 Å². The zero-order valence-corrected chi connectivity index (χ0v) is 20.2. The van der Waals surface area contributed by atoms with Crippen LogP contribution in [0.3, 0.4) is 0 Å². The van der Waals surface area contributed by atoms with Crippen LogP contribution < -0.4 is 4.90 Å². The molecule has 0 saturated carbocycles. The van der Waals surface area contributed by atoms with Crippen molar-refractivity contribution < 1.29 is 18.3 Å². The van der Waals surface area contributed by atoms with Crippen molar-refractivity contribution in [2.75, 3.05) is 31.7 Å². The Bertz CT molecular complexity index is 1300. The fourth-order valence-electron chi connectivity index (χ4n) is 3.77. The number of morpholine rings is 1. The molecule has 1 aromatic carbocycles. The molecule has 4 aromatic rings. The molecule has 184 valence electrons. The number of aromatic nitrogens is 5. The normalized spacial score (nSPS) is 15.7. The minimum absolute atomic E-state index is 0.0526. The molecule has 1 aliphatic heterocycles. The molecule has 0 amide bonds. The second-order valence-corrected chi connectivity index (χ2v) is 8.35. The van der Waals surface area contributed by atoms with E-state index in [4.69, 9.17) is 9.47 Å². The van der Waals surface area contributed by atoms with Gasteiger partial charge in [0.25, 0.3) is 0 Å². The van der Waals surface area contributed by atoms with Crippen molar-refractivity contribution in [2.45, 2.75) is 33.6 Å². The molecule has 1 fully saturated rings. The third-order valence-electron chi connectivity index (χ3n) is 5.65. The van der Waals surface area contributed by atoms with Gasteiger partial charge in [0.1, 0.15) is 18.4 Å². The molecular formula is C25H28F2N6O2. The molecule has 0 bridgehead atoms. The fraction of sp³-hybridized carbons (Fsp3) is 0.360.